The van der Waals surface area contributed by atoms with Crippen LogP contribution in [0.1, 0.15) is 51.7 Å². The van der Waals surface area contributed by atoms with E-state index in [1.54, 1.807) is 11.0 Å². The third-order valence-electron chi connectivity index (χ3n) is 8.47. The number of nitrogens with zero attached hydrogens (tertiary/aromatic N) is 2. The summed E-state index contributed by atoms with van der Waals surface area (Å²) in [5.74, 6) is -3.50. The highest BCUT2D eigenvalue weighted by molar-refractivity contribution is 9.11. The zero-order chi connectivity index (χ0) is 30.2. The Labute approximate surface area is 254 Å². The molecule has 1 spiro atoms. The van der Waals surface area contributed by atoms with Crippen LogP contribution in [0.4, 0.5) is 0 Å². The number of carbonyl (C=O) groups is 4. The topological polar surface area (TPSA) is 125 Å². The average molecular weight is 645 g/mol. The van der Waals surface area contributed by atoms with E-state index in [9.17, 15) is 24.3 Å². The summed E-state index contributed by atoms with van der Waals surface area (Å²) in [5.41, 5.74) is -1.29. The van der Waals surface area contributed by atoms with Crippen LogP contribution in [0.5, 0.6) is 0 Å². The van der Waals surface area contributed by atoms with E-state index in [-0.39, 0.29) is 56.8 Å². The normalized spacial score (nSPS) is 32.9. The molecule has 4 aliphatic heterocycles. The van der Waals surface area contributed by atoms with Gasteiger partial charge in [0.25, 0.3) is 0 Å². The number of amides is 3. The molecule has 5 rings (SSSR count). The number of esters is 1. The number of carbonyl (C=O) groups excluding carboxylic acids is 4. The van der Waals surface area contributed by atoms with Gasteiger partial charge in [-0.2, -0.15) is 0 Å². The van der Waals surface area contributed by atoms with E-state index >= 15 is 0 Å². The number of benzene rings is 1. The van der Waals surface area contributed by atoms with Crippen LogP contribution in [0.2, 0.25) is 0 Å². The fourth-order valence-electron chi connectivity index (χ4n) is 6.51. The Morgan fingerprint density at radius 1 is 1.10 bits per heavy atom. The largest absolute Gasteiger partial charge is 0.455 e. The van der Waals surface area contributed by atoms with Gasteiger partial charge < -0.3 is 29.7 Å². The van der Waals surface area contributed by atoms with Crippen LogP contribution in [0.3, 0.4) is 0 Å². The predicted molar refractivity (Wildman–Crippen MR) is 157 cm³/mol. The second kappa shape index (κ2) is 11.9. The molecule has 5 bridgehead atoms. The lowest BCUT2D eigenvalue weighted by atomic mass is 9.74. The maximum Gasteiger partial charge on any atom is 0.313 e. The number of cyclic esters (lactones) is 1. The van der Waals surface area contributed by atoms with E-state index in [0.29, 0.717) is 16.5 Å². The molecule has 6 atom stereocenters. The molecule has 0 saturated carbocycles. The number of hydrogen-bond donors (Lipinski definition) is 2. The molecule has 1 aromatic rings. The fraction of sp³-hybridized carbons (Fsp3) is 0.548. The maximum absolute atomic E-state index is 14.5. The first-order chi connectivity index (χ1) is 20.0. The first kappa shape index (κ1) is 30.4. The van der Waals surface area contributed by atoms with Gasteiger partial charge in [-0.15, -0.1) is 0 Å². The minimum atomic E-state index is -1.38. The molecule has 2 fully saturated rings. The highest BCUT2D eigenvalue weighted by Gasteiger charge is 2.75. The highest BCUT2D eigenvalue weighted by Crippen LogP contribution is 2.59. The highest BCUT2D eigenvalue weighted by atomic mass is 79.9. The lowest BCUT2D eigenvalue weighted by molar-refractivity contribution is -0.160. The van der Waals surface area contributed by atoms with Gasteiger partial charge in [0.15, 0.2) is 0 Å². The molecule has 0 unspecified atom stereocenters. The molecule has 10 nitrogen and oxygen atoms in total. The number of aliphatic hydroxyl groups excluding tert-OH is 1. The quantitative estimate of drug-likeness (QED) is 0.382. The predicted octanol–water partition coefficient (Wildman–Crippen LogP) is 2.62. The minimum Gasteiger partial charge on any atom is -0.455 e. The van der Waals surface area contributed by atoms with Gasteiger partial charge in [-0.3, -0.25) is 19.2 Å². The Kier molecular flexibility index (Phi) is 8.65. The van der Waals surface area contributed by atoms with Crippen LogP contribution in [-0.4, -0.2) is 88.1 Å². The van der Waals surface area contributed by atoms with Crippen molar-refractivity contribution in [2.45, 2.75) is 69.4 Å². The Morgan fingerprint density at radius 2 is 1.83 bits per heavy atom. The lowest BCUT2D eigenvalue weighted by Gasteiger charge is -2.41. The Morgan fingerprint density at radius 3 is 2.52 bits per heavy atom. The molecule has 0 aliphatic carbocycles. The number of allylic oxidation sites excluding steroid dienone is 1. The summed E-state index contributed by atoms with van der Waals surface area (Å²) < 4.78 is 13.1. The Hall–Kier alpha value is -3.02. The summed E-state index contributed by atoms with van der Waals surface area (Å²) in [5, 5.41) is 12.5. The maximum atomic E-state index is 14.5. The van der Waals surface area contributed by atoms with Gasteiger partial charge in [0.1, 0.15) is 29.8 Å². The molecule has 3 amide bonds. The molecule has 0 aromatic heterocycles. The van der Waals surface area contributed by atoms with E-state index in [1.165, 1.54) is 4.90 Å². The molecule has 226 valence electrons. The van der Waals surface area contributed by atoms with Crippen molar-refractivity contribution in [2.24, 2.45) is 11.8 Å². The summed E-state index contributed by atoms with van der Waals surface area (Å²) in [4.78, 5) is 58.5. The van der Waals surface area contributed by atoms with Crippen LogP contribution < -0.4 is 5.32 Å². The molecule has 42 heavy (non-hydrogen) atoms. The monoisotopic (exact) mass is 643 g/mol. The van der Waals surface area contributed by atoms with Crippen LogP contribution >= 0.6 is 15.9 Å². The van der Waals surface area contributed by atoms with Gasteiger partial charge in [0, 0.05) is 36.1 Å². The first-order valence-corrected chi connectivity index (χ1v) is 15.2. The number of hydrogen-bond acceptors (Lipinski definition) is 7. The van der Waals surface area contributed by atoms with Crippen LogP contribution in [0, 0.1) is 11.8 Å². The van der Waals surface area contributed by atoms with Crippen molar-refractivity contribution in [1.29, 1.82) is 0 Å². The van der Waals surface area contributed by atoms with Crippen molar-refractivity contribution in [2.75, 3.05) is 26.2 Å². The number of aliphatic hydroxyl groups is 1. The molecular weight excluding hydrogens is 606 g/mol. The van der Waals surface area contributed by atoms with Crippen LogP contribution in [0.15, 0.2) is 53.0 Å². The number of fused-ring (bicyclic) bond motifs is 2. The van der Waals surface area contributed by atoms with Gasteiger partial charge in [0.2, 0.25) is 17.7 Å². The van der Waals surface area contributed by atoms with Gasteiger partial charge in [-0.1, -0.05) is 58.4 Å². The SMILES string of the molecule is CC(C)(C)N1C/C=C\CCC(=O)NC[C@@H](c2ccccc2)OC(=O)[C@@H]2[C@H]3O[C@@]4(C=C3Br)[C@H](C1=O)N(CCCO)C(=O)[C@@H]24. The minimum absolute atomic E-state index is 0.0683. The summed E-state index contributed by atoms with van der Waals surface area (Å²) in [7, 11) is 0. The van der Waals surface area contributed by atoms with Crippen molar-refractivity contribution < 1.29 is 33.8 Å². The van der Waals surface area contributed by atoms with Crippen molar-refractivity contribution >= 4 is 39.6 Å². The standard InChI is InChI=1S/C31H38BrN3O7/c1-30(2,3)35-15-9-5-8-13-22(37)33-18-21(19-11-6-4-7-12-19)41-29(40)23-24-27(38)34(14-10-16-36)26(28(35)39)31(24)17-20(32)25(23)42-31/h4-7,9,11-12,17,21,23-26,36H,8,10,13-16,18H2,1-3H3,(H,33,37)/b9-5-/t21-,23-,24+,25-,26-,31+/m0/s1. The third-order valence-corrected chi connectivity index (χ3v) is 9.15. The number of halogens is 1. The van der Waals surface area contributed by atoms with Gasteiger partial charge in [0.05, 0.1) is 12.5 Å². The van der Waals surface area contributed by atoms with Crippen molar-refractivity contribution in [3.63, 3.8) is 0 Å². The lowest BCUT2D eigenvalue weighted by Crippen LogP contribution is -2.59. The molecule has 4 heterocycles. The number of rotatable bonds is 4. The third kappa shape index (κ3) is 5.42. The average Bonchev–Trinajstić information content (AvgIpc) is 3.53. The van der Waals surface area contributed by atoms with E-state index in [4.69, 9.17) is 9.47 Å². The molecule has 2 N–H and O–H groups in total. The Balaban J connectivity index is 1.60. The fourth-order valence-corrected chi connectivity index (χ4v) is 7.25. The molecule has 11 heteroatoms. The molecule has 2 saturated heterocycles. The first-order valence-electron chi connectivity index (χ1n) is 14.5. The summed E-state index contributed by atoms with van der Waals surface area (Å²) >= 11 is 3.56. The second-order valence-corrected chi connectivity index (χ2v) is 13.1. The van der Waals surface area contributed by atoms with Crippen molar-refractivity contribution in [3.05, 3.63) is 58.6 Å². The van der Waals surface area contributed by atoms with E-state index < -0.39 is 47.2 Å². The summed E-state index contributed by atoms with van der Waals surface area (Å²) in [6.07, 6.45) is 4.89. The van der Waals surface area contributed by atoms with Crippen molar-refractivity contribution in [1.82, 2.24) is 15.1 Å². The van der Waals surface area contributed by atoms with Crippen LogP contribution in [-0.2, 0) is 28.7 Å². The van der Waals surface area contributed by atoms with Crippen LogP contribution in [0.25, 0.3) is 0 Å². The summed E-state index contributed by atoms with van der Waals surface area (Å²) in [6.45, 7) is 6.06. The van der Waals surface area contributed by atoms with Gasteiger partial charge in [-0.25, -0.2) is 0 Å². The number of nitrogens with one attached hydrogen (secondary N) is 1. The number of ether oxygens (including phenoxy) is 2. The Bertz CT molecular complexity index is 1290. The summed E-state index contributed by atoms with van der Waals surface area (Å²) in [6, 6.07) is 8.09. The molecule has 1 aromatic carbocycles. The number of likely N-dealkylation sites (tertiary alicyclic amines) is 1. The van der Waals surface area contributed by atoms with E-state index in [2.05, 4.69) is 21.2 Å². The molecule has 0 radical (unpaired) electrons. The van der Waals surface area contributed by atoms with Gasteiger partial charge in [-0.05, 0) is 45.3 Å². The second-order valence-electron chi connectivity index (χ2n) is 12.2. The van der Waals surface area contributed by atoms with Gasteiger partial charge >= 0.3 is 5.97 Å². The smallest absolute Gasteiger partial charge is 0.313 e. The van der Waals surface area contributed by atoms with E-state index in [1.807, 2.05) is 63.3 Å². The zero-order valence-corrected chi connectivity index (χ0v) is 25.7. The molecular formula is C31H38BrN3O7. The zero-order valence-electron chi connectivity index (χ0n) is 24.1. The van der Waals surface area contributed by atoms with Crippen molar-refractivity contribution in [3.8, 4) is 0 Å². The molecule has 4 aliphatic rings. The van der Waals surface area contributed by atoms with E-state index in [0.717, 1.165) is 0 Å².